The molecule has 2 aromatic rings. The highest BCUT2D eigenvalue weighted by Gasteiger charge is 2.49. The first-order valence-corrected chi connectivity index (χ1v) is 13.5. The number of halogens is 3. The van der Waals surface area contributed by atoms with Gasteiger partial charge < -0.3 is 14.2 Å². The number of aryl methyl sites for hydroxylation is 1. The fourth-order valence-electron chi connectivity index (χ4n) is 4.54. The number of hydrogen-bond acceptors (Lipinski definition) is 4. The van der Waals surface area contributed by atoms with Crippen molar-refractivity contribution in [2.24, 2.45) is 0 Å². The average Bonchev–Trinajstić information content (AvgIpc) is 2.85. The largest absolute Gasteiger partial charge is 0.494 e. The van der Waals surface area contributed by atoms with Crippen LogP contribution in [0.2, 0.25) is 0 Å². The number of benzene rings is 1. The zero-order valence-electron chi connectivity index (χ0n) is 21.7. The molecule has 0 saturated carbocycles. The summed E-state index contributed by atoms with van der Waals surface area (Å²) in [5, 5.41) is 0. The van der Waals surface area contributed by atoms with E-state index in [0.717, 1.165) is 51.6 Å². The molecule has 1 aromatic carbocycles. The van der Waals surface area contributed by atoms with Crippen molar-refractivity contribution < 1.29 is 27.4 Å². The number of nitrogens with zero attached hydrogens (tertiary/aromatic N) is 1. The van der Waals surface area contributed by atoms with Crippen LogP contribution >= 0.6 is 0 Å². The van der Waals surface area contributed by atoms with Crippen molar-refractivity contribution in [2.45, 2.75) is 89.9 Å². The summed E-state index contributed by atoms with van der Waals surface area (Å²) in [5.41, 5.74) is 0.144. The number of hydrogen-bond donors (Lipinski definition) is 0. The Bertz CT molecular complexity index is 921. The van der Waals surface area contributed by atoms with E-state index in [1.807, 2.05) is 0 Å². The predicted molar refractivity (Wildman–Crippen MR) is 136 cm³/mol. The van der Waals surface area contributed by atoms with Gasteiger partial charge in [-0.15, -0.1) is 0 Å². The molecule has 1 heterocycles. The Morgan fingerprint density at radius 1 is 0.861 bits per heavy atom. The summed E-state index contributed by atoms with van der Waals surface area (Å²) in [7, 11) is 0. The topological polar surface area (TPSA) is 40.6 Å². The SMILES string of the molecule is CCCCCCOc1ccc(C2CCc3cc(OCCCCOCCCC)nc(F)c3C2(F)F)cc1. The van der Waals surface area contributed by atoms with Crippen LogP contribution in [-0.2, 0) is 17.1 Å². The van der Waals surface area contributed by atoms with Gasteiger partial charge in [0.2, 0.25) is 11.8 Å². The van der Waals surface area contributed by atoms with Gasteiger partial charge in [-0.3, -0.25) is 0 Å². The standard InChI is InChI=1S/C29H40F3NO3/c1-3-5-7-8-19-35-24-14-11-22(12-15-24)25-16-13-23-21-26(33-28(30)27(23)29(25,31)32)36-20-10-9-18-34-17-6-4-2/h11-12,14-15,21,25H,3-10,13,16-20H2,1-2H3. The van der Waals surface area contributed by atoms with Gasteiger partial charge in [-0.1, -0.05) is 51.7 Å². The summed E-state index contributed by atoms with van der Waals surface area (Å²) in [6.45, 7) is 6.62. The molecular weight excluding hydrogens is 467 g/mol. The van der Waals surface area contributed by atoms with Crippen molar-refractivity contribution >= 4 is 0 Å². The third-order valence-corrected chi connectivity index (χ3v) is 6.63. The normalized spacial score (nSPS) is 16.5. The highest BCUT2D eigenvalue weighted by molar-refractivity contribution is 5.41. The lowest BCUT2D eigenvalue weighted by molar-refractivity contribution is -0.0475. The first-order valence-electron chi connectivity index (χ1n) is 13.5. The van der Waals surface area contributed by atoms with Gasteiger partial charge in [0.15, 0.2) is 0 Å². The van der Waals surface area contributed by atoms with Gasteiger partial charge in [-0.25, -0.2) is 8.78 Å². The zero-order valence-corrected chi connectivity index (χ0v) is 21.7. The lowest BCUT2D eigenvalue weighted by Crippen LogP contribution is -2.32. The van der Waals surface area contributed by atoms with E-state index >= 15 is 8.78 Å². The Balaban J connectivity index is 1.56. The summed E-state index contributed by atoms with van der Waals surface area (Å²) in [5.74, 6) is -4.89. The molecule has 0 amide bonds. The van der Waals surface area contributed by atoms with Crippen LogP contribution in [0.4, 0.5) is 13.2 Å². The van der Waals surface area contributed by atoms with E-state index in [0.29, 0.717) is 37.6 Å². The smallest absolute Gasteiger partial charge is 0.284 e. The van der Waals surface area contributed by atoms with Crippen LogP contribution in [-0.4, -0.2) is 31.4 Å². The summed E-state index contributed by atoms with van der Waals surface area (Å²) in [6.07, 6.45) is 8.66. The van der Waals surface area contributed by atoms with Gasteiger partial charge in [0.25, 0.3) is 5.92 Å². The number of alkyl halides is 2. The van der Waals surface area contributed by atoms with Crippen molar-refractivity contribution in [2.75, 3.05) is 26.4 Å². The highest BCUT2D eigenvalue weighted by atomic mass is 19.3. The third kappa shape index (κ3) is 7.86. The third-order valence-electron chi connectivity index (χ3n) is 6.63. The van der Waals surface area contributed by atoms with E-state index < -0.39 is 23.4 Å². The van der Waals surface area contributed by atoms with E-state index in [2.05, 4.69) is 18.8 Å². The number of ether oxygens (including phenoxy) is 3. The predicted octanol–water partition coefficient (Wildman–Crippen LogP) is 7.98. The summed E-state index contributed by atoms with van der Waals surface area (Å²) in [4.78, 5) is 3.72. The zero-order chi connectivity index (χ0) is 25.8. The van der Waals surface area contributed by atoms with E-state index in [-0.39, 0.29) is 17.9 Å². The van der Waals surface area contributed by atoms with E-state index in [4.69, 9.17) is 14.2 Å². The number of rotatable bonds is 16. The molecule has 200 valence electrons. The van der Waals surface area contributed by atoms with Crippen LogP contribution < -0.4 is 9.47 Å². The molecule has 1 aromatic heterocycles. The molecule has 7 heteroatoms. The molecule has 4 nitrogen and oxygen atoms in total. The Morgan fingerprint density at radius 3 is 2.28 bits per heavy atom. The Morgan fingerprint density at radius 2 is 1.53 bits per heavy atom. The van der Waals surface area contributed by atoms with Crippen molar-refractivity contribution in [3.63, 3.8) is 0 Å². The molecule has 0 spiro atoms. The summed E-state index contributed by atoms with van der Waals surface area (Å²) < 4.78 is 62.6. The second kappa shape index (κ2) is 14.5. The number of unbranched alkanes of at least 4 members (excludes halogenated alkanes) is 5. The maximum atomic E-state index is 15.5. The average molecular weight is 508 g/mol. The summed E-state index contributed by atoms with van der Waals surface area (Å²) in [6, 6.07) is 8.25. The van der Waals surface area contributed by atoms with Crippen molar-refractivity contribution in [1.29, 1.82) is 0 Å². The molecule has 1 atom stereocenters. The van der Waals surface area contributed by atoms with Crippen LogP contribution in [0, 0.1) is 5.95 Å². The molecule has 0 N–H and O–H groups in total. The molecule has 0 aliphatic heterocycles. The number of fused-ring (bicyclic) bond motifs is 1. The van der Waals surface area contributed by atoms with Crippen LogP contribution in [0.5, 0.6) is 11.6 Å². The Kier molecular flexibility index (Phi) is 11.4. The van der Waals surface area contributed by atoms with E-state index in [1.165, 1.54) is 12.5 Å². The highest BCUT2D eigenvalue weighted by Crippen LogP contribution is 2.50. The van der Waals surface area contributed by atoms with Crippen LogP contribution in [0.25, 0.3) is 0 Å². The van der Waals surface area contributed by atoms with Crippen LogP contribution in [0.15, 0.2) is 30.3 Å². The first-order chi connectivity index (χ1) is 17.5. The monoisotopic (exact) mass is 507 g/mol. The fourth-order valence-corrected chi connectivity index (χ4v) is 4.54. The minimum absolute atomic E-state index is 0.0628. The molecule has 1 aliphatic rings. The minimum atomic E-state index is -3.36. The molecular formula is C29H40F3NO3. The van der Waals surface area contributed by atoms with E-state index in [1.54, 1.807) is 24.3 Å². The van der Waals surface area contributed by atoms with Crippen molar-refractivity contribution in [3.8, 4) is 11.6 Å². The van der Waals surface area contributed by atoms with Crippen molar-refractivity contribution in [1.82, 2.24) is 4.98 Å². The molecule has 0 radical (unpaired) electrons. The Labute approximate surface area is 213 Å². The Hall–Kier alpha value is -2.28. The molecule has 36 heavy (non-hydrogen) atoms. The molecule has 0 bridgehead atoms. The first kappa shape index (κ1) is 28.3. The van der Waals surface area contributed by atoms with E-state index in [9.17, 15) is 4.39 Å². The fraction of sp³-hybridized carbons (Fsp3) is 0.621. The molecule has 0 saturated heterocycles. The number of pyridine rings is 1. The summed E-state index contributed by atoms with van der Waals surface area (Å²) >= 11 is 0. The van der Waals surface area contributed by atoms with Crippen molar-refractivity contribution in [3.05, 3.63) is 53.0 Å². The lowest BCUT2D eigenvalue weighted by atomic mass is 9.77. The maximum Gasteiger partial charge on any atom is 0.284 e. The van der Waals surface area contributed by atoms with Gasteiger partial charge in [-0.05, 0) is 61.8 Å². The second-order valence-electron chi connectivity index (χ2n) is 9.50. The van der Waals surface area contributed by atoms with Gasteiger partial charge in [-0.2, -0.15) is 9.37 Å². The lowest BCUT2D eigenvalue weighted by Gasteiger charge is -2.33. The quantitative estimate of drug-likeness (QED) is 0.171. The van der Waals surface area contributed by atoms with Crippen LogP contribution in [0.1, 0.15) is 94.2 Å². The van der Waals surface area contributed by atoms with Gasteiger partial charge in [0.1, 0.15) is 5.75 Å². The molecule has 1 aliphatic carbocycles. The van der Waals surface area contributed by atoms with Gasteiger partial charge >= 0.3 is 0 Å². The van der Waals surface area contributed by atoms with Gasteiger partial charge in [0, 0.05) is 19.3 Å². The molecule has 3 rings (SSSR count). The number of aromatic nitrogens is 1. The maximum absolute atomic E-state index is 15.5. The van der Waals surface area contributed by atoms with Gasteiger partial charge in [0.05, 0.1) is 24.7 Å². The molecule has 1 unspecified atom stereocenters. The second-order valence-corrected chi connectivity index (χ2v) is 9.50. The minimum Gasteiger partial charge on any atom is -0.494 e. The van der Waals surface area contributed by atoms with Crippen LogP contribution in [0.3, 0.4) is 0 Å². The molecule has 0 fully saturated rings.